The van der Waals surface area contributed by atoms with Crippen molar-refractivity contribution in [1.29, 1.82) is 0 Å². The van der Waals surface area contributed by atoms with Crippen molar-refractivity contribution >= 4 is 23.2 Å². The van der Waals surface area contributed by atoms with E-state index in [1.165, 1.54) is 32.4 Å². The Morgan fingerprint density at radius 3 is 1.88 bits per heavy atom. The van der Waals surface area contributed by atoms with Gasteiger partial charge in [-0.3, -0.25) is 0 Å². The third-order valence-electron chi connectivity index (χ3n) is 3.73. The molecule has 0 N–H and O–H groups in total. The standard InChI is InChI=1S/C8H15N.C6H4Cl2/c1-9-5-7-3-2-4-8(7)6-9;7-5-3-1-2-4-6(5)8/h7-8H,2-6H2,1H3;1-4H/t7-,8?;/m1./s1. The Morgan fingerprint density at radius 2 is 1.47 bits per heavy atom. The van der Waals surface area contributed by atoms with Crippen LogP contribution in [0.1, 0.15) is 19.3 Å². The molecule has 17 heavy (non-hydrogen) atoms. The van der Waals surface area contributed by atoms with Gasteiger partial charge >= 0.3 is 0 Å². The fraction of sp³-hybridized carbons (Fsp3) is 0.571. The van der Waals surface area contributed by atoms with Crippen molar-refractivity contribution in [3.63, 3.8) is 0 Å². The molecular formula is C14H19Cl2N. The van der Waals surface area contributed by atoms with Crippen LogP contribution in [0.3, 0.4) is 0 Å². The Labute approximate surface area is 114 Å². The molecular weight excluding hydrogens is 253 g/mol. The van der Waals surface area contributed by atoms with E-state index in [4.69, 9.17) is 23.2 Å². The lowest BCUT2D eigenvalue weighted by Gasteiger charge is -2.06. The van der Waals surface area contributed by atoms with Crippen molar-refractivity contribution in [3.05, 3.63) is 34.3 Å². The maximum absolute atomic E-state index is 5.58. The molecule has 0 aromatic heterocycles. The summed E-state index contributed by atoms with van der Waals surface area (Å²) < 4.78 is 0. The lowest BCUT2D eigenvalue weighted by atomic mass is 10.0. The van der Waals surface area contributed by atoms with Crippen molar-refractivity contribution in [2.75, 3.05) is 20.1 Å². The van der Waals surface area contributed by atoms with Gasteiger partial charge in [-0.25, -0.2) is 0 Å². The molecule has 1 nitrogen and oxygen atoms in total. The second-order valence-corrected chi connectivity index (χ2v) is 5.90. The first-order valence-electron chi connectivity index (χ1n) is 6.25. The number of benzene rings is 1. The topological polar surface area (TPSA) is 3.24 Å². The number of fused-ring (bicyclic) bond motifs is 1. The fourth-order valence-corrected chi connectivity index (χ4v) is 3.18. The second kappa shape index (κ2) is 6.08. The van der Waals surface area contributed by atoms with Crippen LogP contribution in [0.25, 0.3) is 0 Å². The highest BCUT2D eigenvalue weighted by Gasteiger charge is 2.33. The number of hydrogen-bond acceptors (Lipinski definition) is 1. The molecule has 0 radical (unpaired) electrons. The van der Waals surface area contributed by atoms with Crippen molar-refractivity contribution in [2.24, 2.45) is 11.8 Å². The van der Waals surface area contributed by atoms with E-state index < -0.39 is 0 Å². The van der Waals surface area contributed by atoms with Gasteiger partial charge in [0, 0.05) is 13.1 Å². The van der Waals surface area contributed by atoms with Crippen LogP contribution in [0.5, 0.6) is 0 Å². The van der Waals surface area contributed by atoms with Gasteiger partial charge in [-0.05, 0) is 43.9 Å². The molecule has 1 aromatic rings. The van der Waals surface area contributed by atoms with Gasteiger partial charge in [-0.2, -0.15) is 0 Å². The summed E-state index contributed by atoms with van der Waals surface area (Å²) in [6, 6.07) is 7.19. The monoisotopic (exact) mass is 271 g/mol. The summed E-state index contributed by atoms with van der Waals surface area (Å²) in [6.45, 7) is 2.76. The van der Waals surface area contributed by atoms with Gasteiger partial charge in [0.1, 0.15) is 0 Å². The number of halogens is 2. The summed E-state index contributed by atoms with van der Waals surface area (Å²) in [5.74, 6) is 2.16. The van der Waals surface area contributed by atoms with Gasteiger partial charge < -0.3 is 4.90 Å². The Balaban J connectivity index is 0.000000128. The van der Waals surface area contributed by atoms with Crippen LogP contribution in [0.15, 0.2) is 24.3 Å². The third-order valence-corrected chi connectivity index (χ3v) is 4.49. The number of nitrogens with zero attached hydrogens (tertiary/aromatic N) is 1. The first-order valence-corrected chi connectivity index (χ1v) is 7.01. The quantitative estimate of drug-likeness (QED) is 0.679. The molecule has 1 heterocycles. The highest BCUT2D eigenvalue weighted by atomic mass is 35.5. The van der Waals surface area contributed by atoms with E-state index in [-0.39, 0.29) is 0 Å². The zero-order chi connectivity index (χ0) is 12.3. The SMILES string of the molecule is CN1CC2CCC[C@@H]2C1.Clc1ccccc1Cl. The fourth-order valence-electron chi connectivity index (χ4n) is 2.91. The van der Waals surface area contributed by atoms with Gasteiger partial charge in [-0.1, -0.05) is 41.8 Å². The molecule has 2 atom stereocenters. The number of hydrogen-bond donors (Lipinski definition) is 0. The molecule has 1 saturated heterocycles. The average molecular weight is 272 g/mol. The van der Waals surface area contributed by atoms with Gasteiger partial charge in [0.15, 0.2) is 0 Å². The van der Waals surface area contributed by atoms with Crippen LogP contribution < -0.4 is 0 Å². The van der Waals surface area contributed by atoms with E-state index in [0.29, 0.717) is 10.0 Å². The largest absolute Gasteiger partial charge is 0.306 e. The summed E-state index contributed by atoms with van der Waals surface area (Å²) in [5, 5.41) is 1.21. The minimum Gasteiger partial charge on any atom is -0.306 e. The van der Waals surface area contributed by atoms with E-state index in [9.17, 15) is 0 Å². The smallest absolute Gasteiger partial charge is 0.0592 e. The summed E-state index contributed by atoms with van der Waals surface area (Å²) in [4.78, 5) is 2.48. The summed E-state index contributed by atoms with van der Waals surface area (Å²) in [7, 11) is 2.25. The third kappa shape index (κ3) is 3.61. The lowest BCUT2D eigenvalue weighted by molar-refractivity contribution is 0.379. The summed E-state index contributed by atoms with van der Waals surface area (Å²) in [6.07, 6.45) is 4.52. The Bertz CT molecular complexity index is 334. The van der Waals surface area contributed by atoms with Crippen LogP contribution in [0.2, 0.25) is 10.0 Å². The van der Waals surface area contributed by atoms with Gasteiger partial charge in [-0.15, -0.1) is 0 Å². The zero-order valence-corrected chi connectivity index (χ0v) is 11.7. The molecule has 1 saturated carbocycles. The van der Waals surface area contributed by atoms with Gasteiger partial charge in [0.25, 0.3) is 0 Å². The molecule has 0 amide bonds. The predicted molar refractivity (Wildman–Crippen MR) is 74.8 cm³/mol. The normalized spacial score (nSPS) is 27.5. The van der Waals surface area contributed by atoms with E-state index in [1.807, 2.05) is 12.1 Å². The van der Waals surface area contributed by atoms with E-state index in [1.54, 1.807) is 12.1 Å². The zero-order valence-electron chi connectivity index (χ0n) is 10.2. The Morgan fingerprint density at radius 1 is 1.00 bits per heavy atom. The molecule has 0 spiro atoms. The molecule has 2 fully saturated rings. The second-order valence-electron chi connectivity index (χ2n) is 5.09. The first kappa shape index (κ1) is 13.2. The predicted octanol–water partition coefficient (Wildman–Crippen LogP) is 4.34. The maximum Gasteiger partial charge on any atom is 0.0592 e. The number of rotatable bonds is 0. The molecule has 3 rings (SSSR count). The first-order chi connectivity index (χ1) is 8.16. The Hall–Kier alpha value is -0.240. The van der Waals surface area contributed by atoms with E-state index in [0.717, 1.165) is 11.8 Å². The minimum absolute atomic E-state index is 0.606. The van der Waals surface area contributed by atoms with Crippen molar-refractivity contribution < 1.29 is 0 Å². The van der Waals surface area contributed by atoms with Crippen LogP contribution in [-0.4, -0.2) is 25.0 Å². The van der Waals surface area contributed by atoms with E-state index in [2.05, 4.69) is 11.9 Å². The van der Waals surface area contributed by atoms with E-state index >= 15 is 0 Å². The lowest BCUT2D eigenvalue weighted by Crippen LogP contribution is -2.14. The molecule has 1 aliphatic carbocycles. The van der Waals surface area contributed by atoms with Crippen LogP contribution in [-0.2, 0) is 0 Å². The van der Waals surface area contributed by atoms with Crippen molar-refractivity contribution in [1.82, 2.24) is 4.90 Å². The molecule has 0 bridgehead atoms. The molecule has 3 heteroatoms. The summed E-state index contributed by atoms with van der Waals surface area (Å²) in [5.41, 5.74) is 0. The highest BCUT2D eigenvalue weighted by Crippen LogP contribution is 2.36. The maximum atomic E-state index is 5.58. The molecule has 1 aromatic carbocycles. The van der Waals surface area contributed by atoms with Gasteiger partial charge in [0.2, 0.25) is 0 Å². The van der Waals surface area contributed by atoms with Crippen molar-refractivity contribution in [3.8, 4) is 0 Å². The van der Waals surface area contributed by atoms with Crippen LogP contribution >= 0.6 is 23.2 Å². The van der Waals surface area contributed by atoms with Crippen LogP contribution in [0.4, 0.5) is 0 Å². The average Bonchev–Trinajstić information content (AvgIpc) is 2.83. The highest BCUT2D eigenvalue weighted by molar-refractivity contribution is 6.41. The number of likely N-dealkylation sites (tertiary alicyclic amines) is 1. The van der Waals surface area contributed by atoms with Crippen molar-refractivity contribution in [2.45, 2.75) is 19.3 Å². The molecule has 2 aliphatic rings. The molecule has 94 valence electrons. The summed E-state index contributed by atoms with van der Waals surface area (Å²) >= 11 is 11.2. The van der Waals surface area contributed by atoms with Crippen LogP contribution in [0, 0.1) is 11.8 Å². The molecule has 1 aliphatic heterocycles. The Kier molecular flexibility index (Phi) is 4.72. The molecule has 1 unspecified atom stereocenters. The minimum atomic E-state index is 0.606. The van der Waals surface area contributed by atoms with Gasteiger partial charge in [0.05, 0.1) is 10.0 Å².